The number of carbonyl (C=O) groups excluding carboxylic acids is 1. The molecule has 5 nitrogen and oxygen atoms in total. The lowest BCUT2D eigenvalue weighted by Crippen LogP contribution is -2.31. The van der Waals surface area contributed by atoms with E-state index in [2.05, 4.69) is 10.6 Å². The largest absolute Gasteiger partial charge is 0.397 e. The molecule has 108 valence electrons. The molecule has 1 amide bonds. The van der Waals surface area contributed by atoms with Gasteiger partial charge < -0.3 is 21.1 Å². The van der Waals surface area contributed by atoms with Gasteiger partial charge in [-0.3, -0.25) is 4.79 Å². The van der Waals surface area contributed by atoms with E-state index in [1.807, 2.05) is 6.07 Å². The number of nitrogens with two attached hydrogens (primary N) is 1. The zero-order chi connectivity index (χ0) is 14.1. The molecule has 1 saturated heterocycles. The monoisotopic (exact) mass is 275 g/mol. The average molecular weight is 275 g/mol. The van der Waals surface area contributed by atoms with E-state index in [9.17, 15) is 4.79 Å². The third-order valence-electron chi connectivity index (χ3n) is 4.10. The van der Waals surface area contributed by atoms with Crippen LogP contribution in [0, 0.1) is 5.92 Å². The molecule has 1 aliphatic heterocycles. The zero-order valence-electron chi connectivity index (χ0n) is 11.7. The Kier molecular flexibility index (Phi) is 3.53. The number of nitrogens with one attached hydrogen (secondary N) is 2. The molecule has 0 spiro atoms. The SMILES string of the molecule is CNC(=O)c1ccc(NC2CCOC2C2CC2)c(N)c1. The summed E-state index contributed by atoms with van der Waals surface area (Å²) in [5.74, 6) is 0.588. The van der Waals surface area contributed by atoms with Crippen molar-refractivity contribution >= 4 is 17.3 Å². The zero-order valence-corrected chi connectivity index (χ0v) is 11.7. The van der Waals surface area contributed by atoms with Gasteiger partial charge in [-0.05, 0) is 43.4 Å². The first kappa shape index (κ1) is 13.2. The standard InChI is InChI=1S/C15H21N3O2/c1-17-15(19)10-4-5-12(11(16)8-10)18-13-6-7-20-14(13)9-2-3-9/h4-5,8-9,13-14,18H,2-3,6-7,16H2,1H3,(H,17,19). The summed E-state index contributed by atoms with van der Waals surface area (Å²) in [5, 5.41) is 6.08. The second-order valence-corrected chi connectivity index (χ2v) is 5.59. The maximum Gasteiger partial charge on any atom is 0.251 e. The fourth-order valence-corrected chi connectivity index (χ4v) is 2.83. The van der Waals surface area contributed by atoms with Gasteiger partial charge in [-0.1, -0.05) is 0 Å². The summed E-state index contributed by atoms with van der Waals surface area (Å²) in [7, 11) is 1.61. The van der Waals surface area contributed by atoms with E-state index in [-0.39, 0.29) is 5.91 Å². The van der Waals surface area contributed by atoms with E-state index in [0.29, 0.717) is 29.3 Å². The molecule has 1 aromatic carbocycles. The number of anilines is 2. The van der Waals surface area contributed by atoms with E-state index in [4.69, 9.17) is 10.5 Å². The minimum absolute atomic E-state index is 0.122. The summed E-state index contributed by atoms with van der Waals surface area (Å²) in [6.45, 7) is 0.815. The summed E-state index contributed by atoms with van der Waals surface area (Å²) < 4.78 is 5.81. The van der Waals surface area contributed by atoms with Gasteiger partial charge >= 0.3 is 0 Å². The highest BCUT2D eigenvalue weighted by Gasteiger charge is 2.40. The summed E-state index contributed by atoms with van der Waals surface area (Å²) in [5.41, 5.74) is 8.12. The fourth-order valence-electron chi connectivity index (χ4n) is 2.83. The van der Waals surface area contributed by atoms with Crippen molar-refractivity contribution in [1.29, 1.82) is 0 Å². The van der Waals surface area contributed by atoms with Gasteiger partial charge in [0.25, 0.3) is 5.91 Å². The van der Waals surface area contributed by atoms with Crippen LogP contribution in [-0.2, 0) is 4.74 Å². The Morgan fingerprint density at radius 1 is 1.35 bits per heavy atom. The molecule has 3 rings (SSSR count). The van der Waals surface area contributed by atoms with Gasteiger partial charge in [-0.15, -0.1) is 0 Å². The summed E-state index contributed by atoms with van der Waals surface area (Å²) in [6.07, 6.45) is 3.87. The van der Waals surface area contributed by atoms with Crippen molar-refractivity contribution in [3.8, 4) is 0 Å². The van der Waals surface area contributed by atoms with Crippen molar-refractivity contribution in [3.05, 3.63) is 23.8 Å². The van der Waals surface area contributed by atoms with Crippen LogP contribution in [0.1, 0.15) is 29.6 Å². The molecule has 2 aliphatic rings. The van der Waals surface area contributed by atoms with Crippen LogP contribution < -0.4 is 16.4 Å². The Labute approximate surface area is 118 Å². The molecular formula is C15H21N3O2. The van der Waals surface area contributed by atoms with E-state index in [0.717, 1.165) is 18.7 Å². The van der Waals surface area contributed by atoms with Gasteiger partial charge in [0.1, 0.15) is 0 Å². The first-order valence-electron chi connectivity index (χ1n) is 7.19. The fraction of sp³-hybridized carbons (Fsp3) is 0.533. The van der Waals surface area contributed by atoms with Crippen molar-refractivity contribution in [2.24, 2.45) is 5.92 Å². The summed E-state index contributed by atoms with van der Waals surface area (Å²) in [4.78, 5) is 11.6. The van der Waals surface area contributed by atoms with Gasteiger partial charge in [0.05, 0.1) is 23.5 Å². The van der Waals surface area contributed by atoms with Crippen molar-refractivity contribution in [1.82, 2.24) is 5.32 Å². The number of carbonyl (C=O) groups is 1. The van der Waals surface area contributed by atoms with E-state index < -0.39 is 0 Å². The van der Waals surface area contributed by atoms with Crippen LogP contribution in [0.2, 0.25) is 0 Å². The van der Waals surface area contributed by atoms with Crippen LogP contribution in [0.4, 0.5) is 11.4 Å². The van der Waals surface area contributed by atoms with E-state index in [1.165, 1.54) is 12.8 Å². The predicted octanol–water partition coefficient (Wildman–Crippen LogP) is 1.61. The molecule has 2 atom stereocenters. The van der Waals surface area contributed by atoms with Crippen molar-refractivity contribution < 1.29 is 9.53 Å². The smallest absolute Gasteiger partial charge is 0.251 e. The van der Waals surface area contributed by atoms with Crippen molar-refractivity contribution in [2.75, 3.05) is 24.7 Å². The number of ether oxygens (including phenoxy) is 1. The highest BCUT2D eigenvalue weighted by Crippen LogP contribution is 2.40. The van der Waals surface area contributed by atoms with Gasteiger partial charge in [-0.2, -0.15) is 0 Å². The topological polar surface area (TPSA) is 76.4 Å². The lowest BCUT2D eigenvalue weighted by atomic mass is 10.1. The Morgan fingerprint density at radius 3 is 2.80 bits per heavy atom. The van der Waals surface area contributed by atoms with E-state index in [1.54, 1.807) is 19.2 Å². The third kappa shape index (κ3) is 2.58. The first-order chi connectivity index (χ1) is 9.69. The number of hydrogen-bond acceptors (Lipinski definition) is 4. The quantitative estimate of drug-likeness (QED) is 0.730. The van der Waals surface area contributed by atoms with Crippen LogP contribution in [0.5, 0.6) is 0 Å². The van der Waals surface area contributed by atoms with Gasteiger partial charge in [0, 0.05) is 19.2 Å². The third-order valence-corrected chi connectivity index (χ3v) is 4.10. The van der Waals surface area contributed by atoms with Gasteiger partial charge in [-0.25, -0.2) is 0 Å². The number of nitrogen functional groups attached to an aromatic ring is 1. The molecule has 4 N–H and O–H groups in total. The van der Waals surface area contributed by atoms with Crippen LogP contribution in [0.3, 0.4) is 0 Å². The Balaban J connectivity index is 1.72. The summed E-state index contributed by atoms with van der Waals surface area (Å²) >= 11 is 0. The van der Waals surface area contributed by atoms with E-state index >= 15 is 0 Å². The number of benzene rings is 1. The Morgan fingerprint density at radius 2 is 2.15 bits per heavy atom. The van der Waals surface area contributed by atoms with Crippen LogP contribution in [0.25, 0.3) is 0 Å². The Hall–Kier alpha value is -1.75. The minimum Gasteiger partial charge on any atom is -0.397 e. The lowest BCUT2D eigenvalue weighted by Gasteiger charge is -2.21. The molecule has 5 heteroatoms. The van der Waals surface area contributed by atoms with Gasteiger partial charge in [0.15, 0.2) is 0 Å². The molecule has 1 aromatic rings. The first-order valence-corrected chi connectivity index (χ1v) is 7.19. The van der Waals surface area contributed by atoms with Crippen LogP contribution >= 0.6 is 0 Å². The highest BCUT2D eigenvalue weighted by molar-refractivity contribution is 5.95. The minimum atomic E-state index is -0.122. The van der Waals surface area contributed by atoms with Crippen LogP contribution in [-0.4, -0.2) is 31.7 Å². The molecule has 20 heavy (non-hydrogen) atoms. The van der Waals surface area contributed by atoms with Crippen molar-refractivity contribution in [2.45, 2.75) is 31.4 Å². The number of rotatable bonds is 4. The lowest BCUT2D eigenvalue weighted by molar-refractivity contribution is 0.0898. The maximum absolute atomic E-state index is 11.6. The summed E-state index contributed by atoms with van der Waals surface area (Å²) in [6, 6.07) is 5.71. The predicted molar refractivity (Wildman–Crippen MR) is 78.7 cm³/mol. The molecule has 2 unspecified atom stereocenters. The molecule has 1 heterocycles. The van der Waals surface area contributed by atoms with Gasteiger partial charge in [0.2, 0.25) is 0 Å². The molecule has 0 bridgehead atoms. The maximum atomic E-state index is 11.6. The number of amides is 1. The van der Waals surface area contributed by atoms with Crippen LogP contribution in [0.15, 0.2) is 18.2 Å². The average Bonchev–Trinajstić information content (AvgIpc) is 3.20. The second kappa shape index (κ2) is 5.32. The molecule has 0 radical (unpaired) electrons. The molecule has 1 saturated carbocycles. The highest BCUT2D eigenvalue weighted by atomic mass is 16.5. The number of hydrogen-bond donors (Lipinski definition) is 3. The normalized spacial score (nSPS) is 25.4. The second-order valence-electron chi connectivity index (χ2n) is 5.59. The molecule has 2 fully saturated rings. The van der Waals surface area contributed by atoms with Crippen molar-refractivity contribution in [3.63, 3.8) is 0 Å². The Bertz CT molecular complexity index is 514. The molecular weight excluding hydrogens is 254 g/mol. The molecule has 1 aliphatic carbocycles. The molecule has 0 aromatic heterocycles.